The van der Waals surface area contributed by atoms with Crippen molar-refractivity contribution in [3.8, 4) is 17.4 Å². The second-order valence-electron chi connectivity index (χ2n) is 4.61. The maximum Gasteiger partial charge on any atom is 0.433 e. The molecule has 0 N–H and O–H groups in total. The van der Waals surface area contributed by atoms with Crippen molar-refractivity contribution in [2.75, 3.05) is 0 Å². The third-order valence-electron chi connectivity index (χ3n) is 2.85. The minimum Gasteiger partial charge on any atom is -0.424 e. The van der Waals surface area contributed by atoms with Gasteiger partial charge in [0, 0.05) is 5.69 Å². The average Bonchev–Trinajstić information content (AvgIpc) is 3.01. The Kier molecular flexibility index (Phi) is 3.68. The Morgan fingerprint density at radius 2 is 1.83 bits per heavy atom. The van der Waals surface area contributed by atoms with E-state index in [4.69, 9.17) is 4.74 Å². The average molecular weight is 321 g/mol. The Morgan fingerprint density at radius 1 is 1.09 bits per heavy atom. The quantitative estimate of drug-likeness (QED) is 0.741. The summed E-state index contributed by atoms with van der Waals surface area (Å²) in [6, 6.07) is 7.03. The maximum atomic E-state index is 12.7. The first-order chi connectivity index (χ1) is 10.9. The number of rotatable bonds is 3. The number of aromatic nitrogens is 5. The SMILES string of the molecule is Cc1cc(C(F)(F)F)nc(Oc2ccc(-n3cncn3)cc2)n1. The Hall–Kier alpha value is -2.97. The van der Waals surface area contributed by atoms with E-state index in [1.54, 1.807) is 24.3 Å². The van der Waals surface area contributed by atoms with E-state index in [1.807, 2.05) is 0 Å². The number of benzene rings is 1. The molecule has 0 saturated heterocycles. The summed E-state index contributed by atoms with van der Waals surface area (Å²) in [4.78, 5) is 11.1. The van der Waals surface area contributed by atoms with Gasteiger partial charge >= 0.3 is 12.2 Å². The highest BCUT2D eigenvalue weighted by molar-refractivity contribution is 5.37. The van der Waals surface area contributed by atoms with Crippen molar-refractivity contribution in [1.82, 2.24) is 24.7 Å². The Bertz CT molecular complexity index is 800. The van der Waals surface area contributed by atoms with Crippen molar-refractivity contribution >= 4 is 0 Å². The first-order valence-corrected chi connectivity index (χ1v) is 6.47. The van der Waals surface area contributed by atoms with E-state index in [0.29, 0.717) is 5.75 Å². The van der Waals surface area contributed by atoms with Gasteiger partial charge in [-0.25, -0.2) is 14.6 Å². The van der Waals surface area contributed by atoms with Gasteiger partial charge in [0.05, 0.1) is 5.69 Å². The van der Waals surface area contributed by atoms with E-state index < -0.39 is 11.9 Å². The molecule has 0 bridgehead atoms. The van der Waals surface area contributed by atoms with Crippen molar-refractivity contribution in [3.05, 3.63) is 54.4 Å². The minimum atomic E-state index is -4.55. The molecule has 118 valence electrons. The van der Waals surface area contributed by atoms with Gasteiger partial charge in [-0.2, -0.15) is 23.3 Å². The summed E-state index contributed by atoms with van der Waals surface area (Å²) in [7, 11) is 0. The maximum absolute atomic E-state index is 12.7. The summed E-state index contributed by atoms with van der Waals surface area (Å²) in [5.41, 5.74) is -0.142. The highest BCUT2D eigenvalue weighted by atomic mass is 19.4. The van der Waals surface area contributed by atoms with Crippen LogP contribution in [0.5, 0.6) is 11.8 Å². The summed E-state index contributed by atoms with van der Waals surface area (Å²) in [6.45, 7) is 1.44. The van der Waals surface area contributed by atoms with Gasteiger partial charge in [0.1, 0.15) is 18.4 Å². The molecule has 0 aliphatic heterocycles. The van der Waals surface area contributed by atoms with Gasteiger partial charge in [0.25, 0.3) is 0 Å². The molecule has 2 heterocycles. The molecule has 0 spiro atoms. The van der Waals surface area contributed by atoms with Crippen LogP contribution in [-0.4, -0.2) is 24.7 Å². The normalized spacial score (nSPS) is 11.5. The molecule has 3 rings (SSSR count). The van der Waals surface area contributed by atoms with Crippen LogP contribution < -0.4 is 4.74 Å². The van der Waals surface area contributed by atoms with Crippen LogP contribution in [0, 0.1) is 6.92 Å². The molecule has 0 fully saturated rings. The molecular weight excluding hydrogens is 311 g/mol. The highest BCUT2D eigenvalue weighted by Gasteiger charge is 2.33. The van der Waals surface area contributed by atoms with Crippen LogP contribution in [0.3, 0.4) is 0 Å². The highest BCUT2D eigenvalue weighted by Crippen LogP contribution is 2.30. The minimum absolute atomic E-state index is 0.168. The Labute approximate surface area is 128 Å². The smallest absolute Gasteiger partial charge is 0.424 e. The Balaban J connectivity index is 1.83. The third kappa shape index (κ3) is 3.44. The molecule has 6 nitrogen and oxygen atoms in total. The number of halogens is 3. The summed E-state index contributed by atoms with van der Waals surface area (Å²) in [5, 5.41) is 3.97. The number of ether oxygens (including phenoxy) is 1. The van der Waals surface area contributed by atoms with Crippen molar-refractivity contribution in [3.63, 3.8) is 0 Å². The molecule has 9 heteroatoms. The van der Waals surface area contributed by atoms with Gasteiger partial charge in [-0.05, 0) is 37.3 Å². The van der Waals surface area contributed by atoms with Gasteiger partial charge in [-0.15, -0.1) is 0 Å². The van der Waals surface area contributed by atoms with Crippen LogP contribution in [0.15, 0.2) is 43.0 Å². The predicted molar refractivity (Wildman–Crippen MR) is 73.2 cm³/mol. The van der Waals surface area contributed by atoms with Crippen molar-refractivity contribution in [1.29, 1.82) is 0 Å². The zero-order valence-electron chi connectivity index (χ0n) is 11.8. The molecule has 23 heavy (non-hydrogen) atoms. The number of hydrogen-bond donors (Lipinski definition) is 0. The van der Waals surface area contributed by atoms with Crippen LogP contribution in [0.4, 0.5) is 13.2 Å². The lowest BCUT2D eigenvalue weighted by Gasteiger charge is -2.09. The topological polar surface area (TPSA) is 65.7 Å². The molecule has 0 aliphatic rings. The van der Waals surface area contributed by atoms with E-state index in [1.165, 1.54) is 24.3 Å². The van der Waals surface area contributed by atoms with Crippen LogP contribution in [-0.2, 0) is 6.18 Å². The fraction of sp³-hybridized carbons (Fsp3) is 0.143. The van der Waals surface area contributed by atoms with Crippen LogP contribution in [0.1, 0.15) is 11.4 Å². The monoisotopic (exact) mass is 321 g/mol. The van der Waals surface area contributed by atoms with E-state index in [9.17, 15) is 13.2 Å². The standard InChI is InChI=1S/C14H10F3N5O/c1-9-6-12(14(15,16)17)21-13(20-9)23-11-4-2-10(3-5-11)22-8-18-7-19-22/h2-8H,1H3. The lowest BCUT2D eigenvalue weighted by Crippen LogP contribution is -2.10. The number of nitrogens with zero attached hydrogens (tertiary/aromatic N) is 5. The summed E-state index contributed by atoms with van der Waals surface area (Å²) < 4.78 is 45.0. The molecule has 0 atom stereocenters. The number of alkyl halides is 3. The lowest BCUT2D eigenvalue weighted by molar-refractivity contribution is -0.141. The third-order valence-corrected chi connectivity index (χ3v) is 2.85. The first-order valence-electron chi connectivity index (χ1n) is 6.47. The fourth-order valence-corrected chi connectivity index (χ4v) is 1.85. The van der Waals surface area contributed by atoms with E-state index in [0.717, 1.165) is 11.8 Å². The predicted octanol–water partition coefficient (Wildman–Crippen LogP) is 3.18. The summed E-state index contributed by atoms with van der Waals surface area (Å²) in [5.74, 6) is 0.313. The molecule has 0 amide bonds. The van der Waals surface area contributed by atoms with Gasteiger partial charge in [-0.3, -0.25) is 0 Å². The molecule has 0 aliphatic carbocycles. The van der Waals surface area contributed by atoms with Gasteiger partial charge in [0.15, 0.2) is 5.69 Å². The number of hydrogen-bond acceptors (Lipinski definition) is 5. The second-order valence-corrected chi connectivity index (χ2v) is 4.61. The zero-order valence-corrected chi connectivity index (χ0v) is 11.8. The van der Waals surface area contributed by atoms with E-state index >= 15 is 0 Å². The van der Waals surface area contributed by atoms with E-state index in [-0.39, 0.29) is 11.7 Å². The molecule has 1 aromatic carbocycles. The van der Waals surface area contributed by atoms with Crippen LogP contribution in [0.2, 0.25) is 0 Å². The summed E-state index contributed by atoms with van der Waals surface area (Å²) >= 11 is 0. The lowest BCUT2D eigenvalue weighted by atomic mass is 10.3. The van der Waals surface area contributed by atoms with Gasteiger partial charge in [-0.1, -0.05) is 0 Å². The van der Waals surface area contributed by atoms with Crippen molar-refractivity contribution in [2.45, 2.75) is 13.1 Å². The molecule has 0 unspecified atom stereocenters. The molecule has 0 radical (unpaired) electrons. The first kappa shape index (κ1) is 14.9. The molecular formula is C14H10F3N5O. The summed E-state index contributed by atoms with van der Waals surface area (Å²) in [6.07, 6.45) is -1.64. The molecule has 2 aromatic heterocycles. The zero-order chi connectivity index (χ0) is 16.4. The van der Waals surface area contributed by atoms with Crippen molar-refractivity contribution in [2.24, 2.45) is 0 Å². The number of aryl methyl sites for hydroxylation is 1. The largest absolute Gasteiger partial charge is 0.433 e. The Morgan fingerprint density at radius 3 is 2.43 bits per heavy atom. The second kappa shape index (κ2) is 5.67. The van der Waals surface area contributed by atoms with Gasteiger partial charge < -0.3 is 4.74 Å². The van der Waals surface area contributed by atoms with E-state index in [2.05, 4.69) is 20.1 Å². The fourth-order valence-electron chi connectivity index (χ4n) is 1.85. The van der Waals surface area contributed by atoms with Crippen LogP contribution in [0.25, 0.3) is 5.69 Å². The molecule has 0 saturated carbocycles. The molecule has 3 aromatic rings. The van der Waals surface area contributed by atoms with Crippen molar-refractivity contribution < 1.29 is 17.9 Å². The van der Waals surface area contributed by atoms with Gasteiger partial charge in [0.2, 0.25) is 0 Å². The van der Waals surface area contributed by atoms with Crippen LogP contribution >= 0.6 is 0 Å².